The third-order valence-electron chi connectivity index (χ3n) is 5.52. The summed E-state index contributed by atoms with van der Waals surface area (Å²) in [5, 5.41) is 1.93. The van der Waals surface area contributed by atoms with E-state index in [1.54, 1.807) is 84.9 Å². The molecule has 0 unspecified atom stereocenters. The molecule has 0 bridgehead atoms. The smallest absolute Gasteiger partial charge is 0.213 e. The molecule has 0 amide bonds. The number of carbonyl (C=O) groups is 1. The number of Topliss-reactive ketones (excluding diaryl/α,β-unsaturated/α-hetero) is 1. The number of alkyl halides is 4. The van der Waals surface area contributed by atoms with Gasteiger partial charge in [-0.3, -0.25) is 4.79 Å². The van der Waals surface area contributed by atoms with Crippen molar-refractivity contribution >= 4 is 98.6 Å². The molecule has 0 aliphatic rings. The second-order valence-electron chi connectivity index (χ2n) is 7.87. The van der Waals surface area contributed by atoms with Crippen molar-refractivity contribution in [2.45, 2.75) is 8.67 Å². The maximum absolute atomic E-state index is 13.9. The molecule has 0 atom stereocenters. The lowest BCUT2D eigenvalue weighted by atomic mass is 9.90. The average molecular weight is 638 g/mol. The van der Waals surface area contributed by atoms with Crippen LogP contribution in [0.5, 0.6) is 0 Å². The number of hydrogen-bond donors (Lipinski definition) is 0. The summed E-state index contributed by atoms with van der Waals surface area (Å²) < 4.78 is -4.31. The highest BCUT2D eigenvalue weighted by molar-refractivity contribution is 6.68. The molecule has 4 aromatic carbocycles. The lowest BCUT2D eigenvalue weighted by Gasteiger charge is -2.30. The fraction of sp³-hybridized carbons (Fsp3) is 0.0741. The summed E-state index contributed by atoms with van der Waals surface area (Å²) >= 11 is 51.7. The first-order valence-electron chi connectivity index (χ1n) is 10.3. The van der Waals surface area contributed by atoms with E-state index in [9.17, 15) is 4.79 Å². The van der Waals surface area contributed by atoms with Gasteiger partial charge in [0.25, 0.3) is 0 Å². The molecule has 184 valence electrons. The number of rotatable bonds is 6. The van der Waals surface area contributed by atoms with Crippen LogP contribution in [0.25, 0.3) is 22.3 Å². The molecule has 0 spiro atoms. The summed E-state index contributed by atoms with van der Waals surface area (Å²) in [4.78, 5) is 13.9. The zero-order valence-electron chi connectivity index (χ0n) is 18.0. The van der Waals surface area contributed by atoms with E-state index in [1.165, 1.54) is 0 Å². The van der Waals surface area contributed by atoms with Crippen LogP contribution in [-0.4, -0.2) is 5.78 Å². The topological polar surface area (TPSA) is 17.1 Å². The predicted octanol–water partition coefficient (Wildman–Crippen LogP) is 11.2. The molecule has 0 saturated carbocycles. The molecular formula is C27H14Cl8O. The van der Waals surface area contributed by atoms with Gasteiger partial charge >= 0.3 is 0 Å². The third kappa shape index (κ3) is 5.65. The van der Waals surface area contributed by atoms with Crippen molar-refractivity contribution in [2.75, 3.05) is 0 Å². The molecule has 4 aromatic rings. The number of ketones is 1. The number of hydrogen-bond acceptors (Lipinski definition) is 1. The molecule has 0 aliphatic carbocycles. The highest BCUT2D eigenvalue weighted by atomic mass is 35.5. The van der Waals surface area contributed by atoms with Crippen molar-refractivity contribution in [3.8, 4) is 22.3 Å². The van der Waals surface area contributed by atoms with E-state index in [-0.39, 0.29) is 11.1 Å². The van der Waals surface area contributed by atoms with Gasteiger partial charge in [-0.25, -0.2) is 0 Å². The van der Waals surface area contributed by atoms with Gasteiger partial charge in [0.1, 0.15) is 0 Å². The van der Waals surface area contributed by atoms with Gasteiger partial charge in [0.05, 0.1) is 0 Å². The number of carbonyl (C=O) groups excluding carboxylic acids is 1. The largest absolute Gasteiger partial charge is 0.292 e. The molecular weight excluding hydrogens is 624 g/mol. The average Bonchev–Trinajstić information content (AvgIpc) is 2.84. The Labute approximate surface area is 248 Å². The van der Waals surface area contributed by atoms with Crippen LogP contribution in [0.3, 0.4) is 0 Å². The number of benzene rings is 4. The summed E-state index contributed by atoms with van der Waals surface area (Å²) in [5.41, 5.74) is 2.95. The van der Waals surface area contributed by atoms with Gasteiger partial charge in [-0.05, 0) is 70.8 Å². The van der Waals surface area contributed by atoms with Crippen LogP contribution in [-0.2, 0) is 13.5 Å². The molecule has 0 N–H and O–H groups in total. The molecule has 0 fully saturated rings. The SMILES string of the molecule is O=C(C(Cl)(Cl)c1ccc(Cl)cc1-c1ccc(Cl)cc1)C(Cl)(Cl)c1ccc(Cl)cc1-c1ccc(Cl)cc1. The number of halogens is 8. The van der Waals surface area contributed by atoms with Crippen LogP contribution in [0.15, 0.2) is 84.9 Å². The molecule has 0 aromatic heterocycles. The Balaban J connectivity index is 1.84. The van der Waals surface area contributed by atoms with Crippen molar-refractivity contribution in [3.63, 3.8) is 0 Å². The van der Waals surface area contributed by atoms with Crippen molar-refractivity contribution in [2.24, 2.45) is 0 Å². The molecule has 0 saturated heterocycles. The van der Waals surface area contributed by atoms with Gasteiger partial charge in [0.15, 0.2) is 0 Å². The molecule has 0 heterocycles. The summed E-state index contributed by atoms with van der Waals surface area (Å²) in [6, 6.07) is 23.4. The standard InChI is InChI=1S/C27H14Cl8O/c28-17-5-1-15(2-6-17)21-13-19(30)9-11-23(21)26(32,33)25(36)27(34,35)24-12-10-20(31)14-22(24)16-3-7-18(29)8-4-16/h1-14H. The highest BCUT2D eigenvalue weighted by Crippen LogP contribution is 2.51. The van der Waals surface area contributed by atoms with Crippen LogP contribution in [0.1, 0.15) is 11.1 Å². The van der Waals surface area contributed by atoms with Crippen LogP contribution < -0.4 is 0 Å². The Kier molecular flexibility index (Phi) is 8.47. The Hall–Kier alpha value is -1.13. The lowest BCUT2D eigenvalue weighted by molar-refractivity contribution is -0.120. The Bertz CT molecular complexity index is 1320. The van der Waals surface area contributed by atoms with Gasteiger partial charge in [0, 0.05) is 31.2 Å². The first-order valence-corrected chi connectivity index (χ1v) is 13.4. The van der Waals surface area contributed by atoms with Crippen LogP contribution in [0, 0.1) is 0 Å². The van der Waals surface area contributed by atoms with Gasteiger partial charge in [-0.15, -0.1) is 0 Å². The quantitative estimate of drug-likeness (QED) is 0.192. The fourth-order valence-electron chi connectivity index (χ4n) is 3.76. The molecule has 36 heavy (non-hydrogen) atoms. The minimum absolute atomic E-state index is 0.259. The van der Waals surface area contributed by atoms with Crippen molar-refractivity contribution < 1.29 is 4.79 Å². The van der Waals surface area contributed by atoms with Gasteiger partial charge < -0.3 is 0 Å². The minimum atomic E-state index is -2.15. The van der Waals surface area contributed by atoms with E-state index < -0.39 is 14.4 Å². The van der Waals surface area contributed by atoms with E-state index >= 15 is 0 Å². The Morgan fingerprint density at radius 1 is 0.472 bits per heavy atom. The molecule has 9 heteroatoms. The second-order valence-corrected chi connectivity index (χ2v) is 12.3. The van der Waals surface area contributed by atoms with Gasteiger partial charge in [-0.1, -0.05) is 129 Å². The first kappa shape index (κ1) is 27.9. The van der Waals surface area contributed by atoms with Crippen molar-refractivity contribution in [3.05, 3.63) is 116 Å². The molecule has 4 rings (SSSR count). The molecule has 0 aliphatic heterocycles. The van der Waals surface area contributed by atoms with E-state index in [4.69, 9.17) is 92.8 Å². The van der Waals surface area contributed by atoms with Crippen LogP contribution in [0.2, 0.25) is 20.1 Å². The zero-order chi connectivity index (χ0) is 26.3. The van der Waals surface area contributed by atoms with E-state index in [2.05, 4.69) is 0 Å². The molecule has 0 radical (unpaired) electrons. The summed E-state index contributed by atoms with van der Waals surface area (Å²) in [5.74, 6) is -0.864. The molecule has 1 nitrogen and oxygen atoms in total. The fourth-order valence-corrected chi connectivity index (χ4v) is 5.77. The van der Waals surface area contributed by atoms with Gasteiger partial charge in [-0.2, -0.15) is 0 Å². The maximum atomic E-state index is 13.9. The van der Waals surface area contributed by atoms with Gasteiger partial charge in [0.2, 0.25) is 14.4 Å². The Morgan fingerprint density at radius 2 is 0.778 bits per heavy atom. The summed E-state index contributed by atoms with van der Waals surface area (Å²) in [7, 11) is 0. The van der Waals surface area contributed by atoms with Crippen molar-refractivity contribution in [1.29, 1.82) is 0 Å². The normalized spacial score (nSPS) is 12.0. The lowest BCUT2D eigenvalue weighted by Crippen LogP contribution is -2.37. The van der Waals surface area contributed by atoms with E-state index in [1.807, 2.05) is 0 Å². The Morgan fingerprint density at radius 3 is 1.11 bits per heavy atom. The third-order valence-corrected chi connectivity index (χ3v) is 8.00. The van der Waals surface area contributed by atoms with Crippen molar-refractivity contribution in [1.82, 2.24) is 0 Å². The summed E-state index contributed by atoms with van der Waals surface area (Å²) in [6.07, 6.45) is 0. The monoisotopic (exact) mass is 634 g/mol. The van der Waals surface area contributed by atoms with Crippen LogP contribution >= 0.6 is 92.8 Å². The van der Waals surface area contributed by atoms with Crippen LogP contribution in [0.4, 0.5) is 0 Å². The van der Waals surface area contributed by atoms with E-state index in [0.29, 0.717) is 42.3 Å². The minimum Gasteiger partial charge on any atom is -0.292 e. The maximum Gasteiger partial charge on any atom is 0.213 e. The van der Waals surface area contributed by atoms with E-state index in [0.717, 1.165) is 0 Å². The highest BCUT2D eigenvalue weighted by Gasteiger charge is 2.51. The summed E-state index contributed by atoms with van der Waals surface area (Å²) in [6.45, 7) is 0. The second kappa shape index (κ2) is 10.9. The predicted molar refractivity (Wildman–Crippen MR) is 156 cm³/mol. The first-order chi connectivity index (χ1) is 16.9. The zero-order valence-corrected chi connectivity index (χ0v) is 24.1.